The summed E-state index contributed by atoms with van der Waals surface area (Å²) in [6, 6.07) is 2.68. The number of aromatic amines is 1. The van der Waals surface area contributed by atoms with Gasteiger partial charge in [-0.1, -0.05) is 0 Å². The highest BCUT2D eigenvalue weighted by Gasteiger charge is 2.36. The van der Waals surface area contributed by atoms with Gasteiger partial charge < -0.3 is 9.88 Å². The van der Waals surface area contributed by atoms with E-state index >= 15 is 0 Å². The van der Waals surface area contributed by atoms with Crippen molar-refractivity contribution >= 4 is 17.7 Å². The monoisotopic (exact) mass is 298 g/mol. The molecule has 1 saturated carbocycles. The van der Waals surface area contributed by atoms with E-state index in [0.717, 1.165) is 36.2 Å². The molecule has 1 amide bonds. The molecule has 1 aromatic heterocycles. The first kappa shape index (κ1) is 13.8. The molecule has 0 spiro atoms. The first-order valence-electron chi connectivity index (χ1n) is 8.11. The van der Waals surface area contributed by atoms with Gasteiger partial charge in [0.05, 0.1) is 11.3 Å². The number of hydrogen-bond acceptors (Lipinski definition) is 3. The number of aryl methyl sites for hydroxylation is 1. The molecule has 4 rings (SSSR count). The molecule has 2 N–H and O–H groups in total. The molecule has 1 fully saturated rings. The molecule has 1 unspecified atom stereocenters. The molecule has 0 saturated heterocycles. The molecule has 0 aromatic carbocycles. The Bertz CT molecular complexity index is 679. The fraction of sp³-hybridized carbons (Fsp3) is 0.529. The predicted molar refractivity (Wildman–Crippen MR) is 86.4 cm³/mol. The predicted octanol–water partition coefficient (Wildman–Crippen LogP) is 2.23. The van der Waals surface area contributed by atoms with Crippen LogP contribution in [0.5, 0.6) is 0 Å². The zero-order valence-corrected chi connectivity index (χ0v) is 13.1. The van der Waals surface area contributed by atoms with Crippen molar-refractivity contribution in [3.8, 4) is 0 Å². The zero-order valence-electron chi connectivity index (χ0n) is 13.1. The second-order valence-electron chi connectivity index (χ2n) is 6.80. The lowest BCUT2D eigenvalue weighted by Crippen LogP contribution is -2.23. The highest BCUT2D eigenvalue weighted by atomic mass is 16.2. The largest absolute Gasteiger partial charge is 0.359 e. The fourth-order valence-electron chi connectivity index (χ4n) is 3.59. The number of rotatable bonds is 3. The average molecular weight is 298 g/mol. The minimum absolute atomic E-state index is 0.0707. The Morgan fingerprint density at radius 2 is 2.14 bits per heavy atom. The summed E-state index contributed by atoms with van der Waals surface area (Å²) in [4.78, 5) is 17.8. The molecule has 0 radical (unpaired) electrons. The highest BCUT2D eigenvalue weighted by Crippen LogP contribution is 2.36. The zero-order chi connectivity index (χ0) is 15.3. The summed E-state index contributed by atoms with van der Waals surface area (Å²) in [7, 11) is 4.26. The van der Waals surface area contributed by atoms with Gasteiger partial charge in [-0.15, -0.1) is 0 Å². The van der Waals surface area contributed by atoms with Crippen molar-refractivity contribution in [3.05, 3.63) is 28.6 Å². The van der Waals surface area contributed by atoms with Crippen LogP contribution in [0.4, 0.5) is 0 Å². The molecule has 2 heterocycles. The lowest BCUT2D eigenvalue weighted by atomic mass is 9.92. The summed E-state index contributed by atoms with van der Waals surface area (Å²) < 4.78 is 0. The van der Waals surface area contributed by atoms with E-state index in [1.54, 1.807) is 0 Å². The molecule has 2 aliphatic carbocycles. The number of aromatic nitrogens is 1. The summed E-state index contributed by atoms with van der Waals surface area (Å²) in [5.74, 6) is 0.406. The number of amides is 1. The van der Waals surface area contributed by atoms with E-state index in [9.17, 15) is 4.79 Å². The molecular formula is C17H22N4O. The maximum absolute atomic E-state index is 12.0. The highest BCUT2D eigenvalue weighted by molar-refractivity contribution is 6.28. The number of hydrazone groups is 1. The summed E-state index contributed by atoms with van der Waals surface area (Å²) in [5, 5.41) is 4.21. The van der Waals surface area contributed by atoms with Crippen molar-refractivity contribution in [2.24, 2.45) is 11.0 Å². The van der Waals surface area contributed by atoms with Gasteiger partial charge in [-0.2, -0.15) is 5.10 Å². The lowest BCUT2D eigenvalue weighted by molar-refractivity contribution is -0.116. The molecule has 5 nitrogen and oxygen atoms in total. The van der Waals surface area contributed by atoms with Gasteiger partial charge >= 0.3 is 0 Å². The van der Waals surface area contributed by atoms with Crippen LogP contribution in [0.1, 0.15) is 48.7 Å². The summed E-state index contributed by atoms with van der Waals surface area (Å²) in [5.41, 5.74) is 8.02. The molecule has 3 aliphatic rings. The minimum atomic E-state index is -0.0707. The Morgan fingerprint density at radius 3 is 2.86 bits per heavy atom. The second kappa shape index (κ2) is 5.09. The van der Waals surface area contributed by atoms with Crippen LogP contribution in [0.3, 0.4) is 0 Å². The molecule has 5 heteroatoms. The normalized spacial score (nSPS) is 26.3. The van der Waals surface area contributed by atoms with E-state index in [0.29, 0.717) is 12.0 Å². The maximum Gasteiger partial charge on any atom is 0.273 e. The molecule has 1 aromatic rings. The smallest absolute Gasteiger partial charge is 0.273 e. The van der Waals surface area contributed by atoms with Gasteiger partial charge in [0.1, 0.15) is 0 Å². The number of H-pyrrole nitrogens is 1. The van der Waals surface area contributed by atoms with Crippen LogP contribution in [0.25, 0.3) is 6.08 Å². The Hall–Kier alpha value is -1.88. The Balaban J connectivity index is 1.68. The van der Waals surface area contributed by atoms with Crippen LogP contribution < -0.4 is 5.43 Å². The van der Waals surface area contributed by atoms with Crippen LogP contribution >= 0.6 is 0 Å². The molecule has 1 aliphatic heterocycles. The van der Waals surface area contributed by atoms with Gasteiger partial charge in [0.25, 0.3) is 5.91 Å². The van der Waals surface area contributed by atoms with Gasteiger partial charge in [0.15, 0.2) is 0 Å². The van der Waals surface area contributed by atoms with Gasteiger partial charge in [0, 0.05) is 23.3 Å². The third-order valence-electron chi connectivity index (χ3n) is 4.90. The standard InChI is InChI=1S/C17H22N4O/c1-21(2)15-5-3-4-14-12(15)8-11(18-14)9-13-16(10-6-7-10)19-20-17(13)22/h8-10,15,18H,3-7H2,1-2H3,(H,20,22). The summed E-state index contributed by atoms with van der Waals surface area (Å²) in [6.07, 6.45) is 7.78. The van der Waals surface area contributed by atoms with Crippen LogP contribution in [-0.4, -0.2) is 35.6 Å². The van der Waals surface area contributed by atoms with Gasteiger partial charge in [0.2, 0.25) is 0 Å². The Labute approximate surface area is 130 Å². The Morgan fingerprint density at radius 1 is 1.32 bits per heavy atom. The van der Waals surface area contributed by atoms with Crippen LogP contribution in [0.15, 0.2) is 16.7 Å². The Kier molecular flexibility index (Phi) is 3.18. The number of carbonyl (C=O) groups is 1. The SMILES string of the molecule is CN(C)C1CCCc2[nH]c(C=C3C(=O)NN=C3C3CC3)cc21. The number of fused-ring (bicyclic) bond motifs is 1. The van der Waals surface area contributed by atoms with E-state index < -0.39 is 0 Å². The van der Waals surface area contributed by atoms with Crippen molar-refractivity contribution in [2.45, 2.75) is 38.1 Å². The molecular weight excluding hydrogens is 276 g/mol. The summed E-state index contributed by atoms with van der Waals surface area (Å²) >= 11 is 0. The van der Waals surface area contributed by atoms with Crippen molar-refractivity contribution in [1.82, 2.24) is 15.3 Å². The topological polar surface area (TPSA) is 60.5 Å². The van der Waals surface area contributed by atoms with E-state index in [-0.39, 0.29) is 5.91 Å². The number of nitrogens with one attached hydrogen (secondary N) is 2. The lowest BCUT2D eigenvalue weighted by Gasteiger charge is -2.28. The van der Waals surface area contributed by atoms with Crippen molar-refractivity contribution in [2.75, 3.05) is 14.1 Å². The summed E-state index contributed by atoms with van der Waals surface area (Å²) in [6.45, 7) is 0. The minimum Gasteiger partial charge on any atom is -0.359 e. The average Bonchev–Trinajstić information content (AvgIpc) is 3.15. The van der Waals surface area contributed by atoms with Crippen molar-refractivity contribution < 1.29 is 4.79 Å². The van der Waals surface area contributed by atoms with E-state index in [2.05, 4.69) is 40.6 Å². The molecule has 22 heavy (non-hydrogen) atoms. The second-order valence-corrected chi connectivity index (χ2v) is 6.80. The van der Waals surface area contributed by atoms with Crippen molar-refractivity contribution in [1.29, 1.82) is 0 Å². The number of nitrogens with zero attached hydrogens (tertiary/aromatic N) is 2. The van der Waals surface area contributed by atoms with Gasteiger partial charge in [-0.25, -0.2) is 5.43 Å². The molecule has 1 atom stereocenters. The van der Waals surface area contributed by atoms with E-state index in [4.69, 9.17) is 0 Å². The molecule has 0 bridgehead atoms. The van der Waals surface area contributed by atoms with Crippen LogP contribution in [0.2, 0.25) is 0 Å². The fourth-order valence-corrected chi connectivity index (χ4v) is 3.59. The van der Waals surface area contributed by atoms with Gasteiger partial charge in [-0.05, 0) is 63.9 Å². The van der Waals surface area contributed by atoms with Crippen LogP contribution in [-0.2, 0) is 11.2 Å². The molecule has 116 valence electrons. The van der Waals surface area contributed by atoms with E-state index in [1.165, 1.54) is 24.1 Å². The van der Waals surface area contributed by atoms with E-state index in [1.807, 2.05) is 6.08 Å². The number of carbonyl (C=O) groups excluding carboxylic acids is 1. The first-order valence-corrected chi connectivity index (χ1v) is 8.11. The van der Waals surface area contributed by atoms with Crippen LogP contribution in [0, 0.1) is 5.92 Å². The third-order valence-corrected chi connectivity index (χ3v) is 4.90. The van der Waals surface area contributed by atoms with Gasteiger partial charge in [-0.3, -0.25) is 4.79 Å². The first-order chi connectivity index (χ1) is 10.6. The third kappa shape index (κ3) is 2.29. The maximum atomic E-state index is 12.0. The number of hydrogen-bond donors (Lipinski definition) is 2. The quantitative estimate of drug-likeness (QED) is 0.841. The van der Waals surface area contributed by atoms with Crippen molar-refractivity contribution in [3.63, 3.8) is 0 Å².